The Kier molecular flexibility index (Phi) is 3.11. The molecule has 0 spiro atoms. The smallest absolute Gasteiger partial charge is 0.255 e. The number of aromatic nitrogens is 2. The van der Waals surface area contributed by atoms with Crippen LogP contribution in [0.2, 0.25) is 0 Å². The molecule has 1 aromatic heterocycles. The first-order valence-electron chi connectivity index (χ1n) is 4.91. The minimum Gasteiger partial charge on any atom is -0.384 e. The number of ether oxygens (including phenoxy) is 1. The number of thioether (sulfide) groups is 1. The van der Waals surface area contributed by atoms with E-state index in [9.17, 15) is 4.79 Å². The Hall–Kier alpha value is -0.810. The van der Waals surface area contributed by atoms with E-state index in [1.807, 2.05) is 6.92 Å². The third-order valence-corrected chi connectivity index (χ3v) is 3.46. The van der Waals surface area contributed by atoms with Crippen molar-refractivity contribution in [2.45, 2.75) is 24.3 Å². The lowest BCUT2D eigenvalue weighted by atomic mass is 10.1. The number of aromatic amines is 1. The van der Waals surface area contributed by atoms with Crippen molar-refractivity contribution in [3.63, 3.8) is 0 Å². The number of fused-ring (bicyclic) bond motifs is 1. The molecule has 0 aromatic carbocycles. The Labute approximate surface area is 92.5 Å². The number of H-pyrrole nitrogens is 1. The predicted molar refractivity (Wildman–Crippen MR) is 60.1 cm³/mol. The van der Waals surface area contributed by atoms with Crippen LogP contribution >= 0.6 is 11.8 Å². The molecule has 15 heavy (non-hydrogen) atoms. The van der Waals surface area contributed by atoms with E-state index < -0.39 is 0 Å². The van der Waals surface area contributed by atoms with Crippen LogP contribution in [-0.2, 0) is 16.2 Å². The lowest BCUT2D eigenvalue weighted by molar-refractivity contribution is 0.181. The SMILES string of the molecule is COCC(C)c1nc2c(c(=O)[nH]1)CSC2. The first-order valence-corrected chi connectivity index (χ1v) is 6.06. The molecule has 0 radical (unpaired) electrons. The molecule has 1 aromatic rings. The van der Waals surface area contributed by atoms with E-state index in [0.29, 0.717) is 6.61 Å². The Morgan fingerprint density at radius 2 is 2.40 bits per heavy atom. The van der Waals surface area contributed by atoms with E-state index in [0.717, 1.165) is 28.6 Å². The molecule has 2 rings (SSSR count). The van der Waals surface area contributed by atoms with E-state index >= 15 is 0 Å². The molecule has 1 aliphatic rings. The molecule has 1 atom stereocenters. The lowest BCUT2D eigenvalue weighted by Gasteiger charge is -2.10. The Balaban J connectivity index is 2.35. The van der Waals surface area contributed by atoms with Crippen LogP contribution in [0.5, 0.6) is 0 Å². The normalized spacial score (nSPS) is 16.4. The van der Waals surface area contributed by atoms with Crippen LogP contribution in [0.25, 0.3) is 0 Å². The molecule has 2 heterocycles. The zero-order valence-electron chi connectivity index (χ0n) is 8.87. The zero-order valence-corrected chi connectivity index (χ0v) is 9.69. The second-order valence-electron chi connectivity index (χ2n) is 3.73. The largest absolute Gasteiger partial charge is 0.384 e. The molecule has 4 nitrogen and oxygen atoms in total. The zero-order chi connectivity index (χ0) is 10.8. The summed E-state index contributed by atoms with van der Waals surface area (Å²) in [5.74, 6) is 2.52. The van der Waals surface area contributed by atoms with Crippen LogP contribution in [0.3, 0.4) is 0 Å². The van der Waals surface area contributed by atoms with Crippen LogP contribution in [0.15, 0.2) is 4.79 Å². The van der Waals surface area contributed by atoms with Crippen LogP contribution in [-0.4, -0.2) is 23.7 Å². The summed E-state index contributed by atoms with van der Waals surface area (Å²) < 4.78 is 5.05. The molecule has 0 saturated heterocycles. The molecule has 1 aliphatic heterocycles. The molecule has 0 aliphatic carbocycles. The molecule has 1 unspecified atom stereocenters. The van der Waals surface area contributed by atoms with Gasteiger partial charge in [-0.15, -0.1) is 0 Å². The van der Waals surface area contributed by atoms with Gasteiger partial charge in [-0.2, -0.15) is 11.8 Å². The van der Waals surface area contributed by atoms with Gasteiger partial charge in [0.2, 0.25) is 0 Å². The van der Waals surface area contributed by atoms with E-state index in [4.69, 9.17) is 4.74 Å². The summed E-state index contributed by atoms with van der Waals surface area (Å²) in [5.41, 5.74) is 1.80. The van der Waals surface area contributed by atoms with Gasteiger partial charge in [-0.25, -0.2) is 4.98 Å². The highest BCUT2D eigenvalue weighted by molar-refractivity contribution is 7.98. The van der Waals surface area contributed by atoms with Crippen LogP contribution in [0.1, 0.15) is 29.9 Å². The van der Waals surface area contributed by atoms with E-state index in [-0.39, 0.29) is 11.5 Å². The number of hydrogen-bond donors (Lipinski definition) is 1. The van der Waals surface area contributed by atoms with Gasteiger partial charge in [-0.1, -0.05) is 6.92 Å². The summed E-state index contributed by atoms with van der Waals surface area (Å²) in [6.07, 6.45) is 0. The maximum atomic E-state index is 11.7. The van der Waals surface area contributed by atoms with Crippen molar-refractivity contribution in [1.29, 1.82) is 0 Å². The maximum absolute atomic E-state index is 11.7. The lowest BCUT2D eigenvalue weighted by Crippen LogP contribution is -2.19. The minimum absolute atomic E-state index is 0.0166. The van der Waals surface area contributed by atoms with E-state index in [2.05, 4.69) is 9.97 Å². The number of methoxy groups -OCH3 is 1. The van der Waals surface area contributed by atoms with Crippen molar-refractivity contribution >= 4 is 11.8 Å². The highest BCUT2D eigenvalue weighted by Crippen LogP contribution is 2.26. The number of rotatable bonds is 3. The van der Waals surface area contributed by atoms with Gasteiger partial charge in [0.05, 0.1) is 12.3 Å². The minimum atomic E-state index is 0.0166. The van der Waals surface area contributed by atoms with Gasteiger partial charge >= 0.3 is 0 Å². The predicted octanol–water partition coefficient (Wildman–Crippen LogP) is 1.27. The summed E-state index contributed by atoms with van der Waals surface area (Å²) in [7, 11) is 1.65. The van der Waals surface area contributed by atoms with Gasteiger partial charge in [0.15, 0.2) is 0 Å². The molecule has 1 N–H and O–H groups in total. The third kappa shape index (κ3) is 2.08. The highest BCUT2D eigenvalue weighted by atomic mass is 32.2. The molecule has 0 amide bonds. The molecule has 0 saturated carbocycles. The van der Waals surface area contributed by atoms with Gasteiger partial charge in [-0.3, -0.25) is 4.79 Å². The fourth-order valence-corrected chi connectivity index (χ4v) is 2.68. The van der Waals surface area contributed by atoms with Crippen LogP contribution < -0.4 is 5.56 Å². The molecule has 0 fully saturated rings. The fraction of sp³-hybridized carbons (Fsp3) is 0.600. The Bertz CT molecular complexity index is 416. The first kappa shape index (κ1) is 10.7. The summed E-state index contributed by atoms with van der Waals surface area (Å²) in [6.45, 7) is 2.57. The van der Waals surface area contributed by atoms with E-state index in [1.54, 1.807) is 18.9 Å². The summed E-state index contributed by atoms with van der Waals surface area (Å²) in [6, 6.07) is 0. The fourth-order valence-electron chi connectivity index (χ4n) is 1.64. The first-order chi connectivity index (χ1) is 7.22. The van der Waals surface area contributed by atoms with Crippen molar-refractivity contribution in [1.82, 2.24) is 9.97 Å². The summed E-state index contributed by atoms with van der Waals surface area (Å²) >= 11 is 1.74. The van der Waals surface area contributed by atoms with E-state index in [1.165, 1.54) is 0 Å². The quantitative estimate of drug-likeness (QED) is 0.843. The van der Waals surface area contributed by atoms with Crippen molar-refractivity contribution in [2.24, 2.45) is 0 Å². The topological polar surface area (TPSA) is 55.0 Å². The molecule has 82 valence electrons. The number of hydrogen-bond acceptors (Lipinski definition) is 4. The maximum Gasteiger partial charge on any atom is 0.255 e. The number of nitrogens with zero attached hydrogens (tertiary/aromatic N) is 1. The highest BCUT2D eigenvalue weighted by Gasteiger charge is 2.19. The van der Waals surface area contributed by atoms with Crippen molar-refractivity contribution in [3.05, 3.63) is 27.4 Å². The number of nitrogens with one attached hydrogen (secondary N) is 1. The van der Waals surface area contributed by atoms with Crippen LogP contribution in [0, 0.1) is 0 Å². The molecule has 5 heteroatoms. The average Bonchev–Trinajstić information content (AvgIpc) is 2.66. The van der Waals surface area contributed by atoms with Crippen molar-refractivity contribution in [2.75, 3.05) is 13.7 Å². The van der Waals surface area contributed by atoms with Crippen molar-refractivity contribution in [3.8, 4) is 0 Å². The van der Waals surface area contributed by atoms with Gasteiger partial charge in [0.1, 0.15) is 5.82 Å². The van der Waals surface area contributed by atoms with Gasteiger partial charge in [-0.05, 0) is 0 Å². The molecular formula is C10H14N2O2S. The second kappa shape index (κ2) is 4.37. The molecule has 0 bridgehead atoms. The molecular weight excluding hydrogens is 212 g/mol. The third-order valence-electron chi connectivity index (χ3n) is 2.49. The van der Waals surface area contributed by atoms with Crippen molar-refractivity contribution < 1.29 is 4.74 Å². The second-order valence-corrected chi connectivity index (χ2v) is 4.71. The Morgan fingerprint density at radius 3 is 3.13 bits per heavy atom. The average molecular weight is 226 g/mol. The monoisotopic (exact) mass is 226 g/mol. The van der Waals surface area contributed by atoms with Gasteiger partial charge < -0.3 is 9.72 Å². The summed E-state index contributed by atoms with van der Waals surface area (Å²) in [5, 5.41) is 0. The van der Waals surface area contributed by atoms with Gasteiger partial charge in [0.25, 0.3) is 5.56 Å². The standard InChI is InChI=1S/C10H14N2O2S/c1-6(3-14-2)9-11-8-5-15-4-7(8)10(13)12-9/h6H,3-5H2,1-2H3,(H,11,12,13). The van der Waals surface area contributed by atoms with Gasteiger partial charge in [0, 0.05) is 30.1 Å². The van der Waals surface area contributed by atoms with Crippen LogP contribution in [0.4, 0.5) is 0 Å². The Morgan fingerprint density at radius 1 is 1.60 bits per heavy atom. The summed E-state index contributed by atoms with van der Waals surface area (Å²) in [4.78, 5) is 19.0.